The molecule has 0 fully saturated rings. The lowest BCUT2D eigenvalue weighted by molar-refractivity contribution is 0.0858. The van der Waals surface area contributed by atoms with Gasteiger partial charge in [0.05, 0.1) is 17.7 Å². The summed E-state index contributed by atoms with van der Waals surface area (Å²) in [6, 6.07) is 6.02. The molecule has 1 aliphatic heterocycles. The fourth-order valence-corrected chi connectivity index (χ4v) is 3.87. The molecule has 2 aliphatic rings. The zero-order valence-corrected chi connectivity index (χ0v) is 13.7. The summed E-state index contributed by atoms with van der Waals surface area (Å²) in [4.78, 5) is 13.1. The normalized spacial score (nSPS) is 22.4. The van der Waals surface area contributed by atoms with Gasteiger partial charge in [-0.2, -0.15) is 9.78 Å². The lowest BCUT2D eigenvalue weighted by Crippen LogP contribution is -2.28. The van der Waals surface area contributed by atoms with Crippen LogP contribution in [0.1, 0.15) is 45.9 Å². The highest BCUT2D eigenvalue weighted by molar-refractivity contribution is 5.90. The SMILES string of the molecule is Cc1cccc2c1NCC[C@H]2C(=O)n1nc2c(c1N)CCC(O)C2. The van der Waals surface area contributed by atoms with Gasteiger partial charge >= 0.3 is 0 Å². The van der Waals surface area contributed by atoms with E-state index < -0.39 is 6.10 Å². The highest BCUT2D eigenvalue weighted by atomic mass is 16.3. The van der Waals surface area contributed by atoms with Crippen molar-refractivity contribution in [3.05, 3.63) is 40.6 Å². The number of aromatic nitrogens is 2. The predicted octanol–water partition coefficient (Wildman–Crippen LogP) is 1.86. The molecule has 1 unspecified atom stereocenters. The van der Waals surface area contributed by atoms with Crippen molar-refractivity contribution in [2.75, 3.05) is 17.6 Å². The Balaban J connectivity index is 1.73. The number of hydrogen-bond donors (Lipinski definition) is 3. The minimum Gasteiger partial charge on any atom is -0.393 e. The Hall–Kier alpha value is -2.34. The first kappa shape index (κ1) is 15.2. The van der Waals surface area contributed by atoms with Crippen LogP contribution in [0.15, 0.2) is 18.2 Å². The number of hydrogen-bond acceptors (Lipinski definition) is 5. The van der Waals surface area contributed by atoms with Gasteiger partial charge in [0.15, 0.2) is 0 Å². The molecule has 2 heterocycles. The molecule has 1 aliphatic carbocycles. The average molecular weight is 326 g/mol. The molecule has 2 atom stereocenters. The van der Waals surface area contributed by atoms with Gasteiger partial charge in [0.1, 0.15) is 5.82 Å². The van der Waals surface area contributed by atoms with E-state index in [1.54, 1.807) is 0 Å². The number of aliphatic hydroxyl groups is 1. The maximum absolute atomic E-state index is 13.1. The molecule has 4 N–H and O–H groups in total. The molecule has 0 amide bonds. The number of aryl methyl sites for hydroxylation is 1. The number of nitrogens with one attached hydrogen (secondary N) is 1. The van der Waals surface area contributed by atoms with Crippen LogP contribution in [0.3, 0.4) is 0 Å². The first-order valence-corrected chi connectivity index (χ1v) is 8.48. The molecule has 0 saturated heterocycles. The Morgan fingerprint density at radius 1 is 1.42 bits per heavy atom. The van der Waals surface area contributed by atoms with E-state index in [1.807, 2.05) is 25.1 Å². The quantitative estimate of drug-likeness (QED) is 0.744. The van der Waals surface area contributed by atoms with E-state index >= 15 is 0 Å². The number of aliphatic hydroxyl groups excluding tert-OH is 1. The molecule has 0 saturated carbocycles. The summed E-state index contributed by atoms with van der Waals surface area (Å²) in [5.74, 6) is 0.120. The summed E-state index contributed by atoms with van der Waals surface area (Å²) in [6.45, 7) is 2.80. The Morgan fingerprint density at radius 2 is 2.25 bits per heavy atom. The number of para-hydroxylation sites is 1. The summed E-state index contributed by atoms with van der Waals surface area (Å²) in [5.41, 5.74) is 11.1. The third kappa shape index (κ3) is 2.29. The lowest BCUT2D eigenvalue weighted by atomic mass is 9.88. The van der Waals surface area contributed by atoms with Crippen LogP contribution < -0.4 is 11.1 Å². The van der Waals surface area contributed by atoms with Gasteiger partial charge in [-0.1, -0.05) is 18.2 Å². The van der Waals surface area contributed by atoms with Crippen LogP contribution in [-0.2, 0) is 12.8 Å². The molecule has 1 aromatic heterocycles. The smallest absolute Gasteiger partial charge is 0.256 e. The summed E-state index contributed by atoms with van der Waals surface area (Å²) in [5, 5.41) is 17.6. The number of nitrogens with two attached hydrogens (primary N) is 1. The van der Waals surface area contributed by atoms with E-state index in [0.717, 1.165) is 41.0 Å². The predicted molar refractivity (Wildman–Crippen MR) is 92.3 cm³/mol. The van der Waals surface area contributed by atoms with E-state index in [2.05, 4.69) is 10.4 Å². The first-order chi connectivity index (χ1) is 11.6. The fraction of sp³-hybridized carbons (Fsp3) is 0.444. The average Bonchev–Trinajstić information content (AvgIpc) is 2.90. The zero-order chi connectivity index (χ0) is 16.8. The van der Waals surface area contributed by atoms with E-state index in [9.17, 15) is 9.90 Å². The lowest BCUT2D eigenvalue weighted by Gasteiger charge is -2.27. The highest BCUT2D eigenvalue weighted by Gasteiger charge is 2.32. The Morgan fingerprint density at radius 3 is 3.08 bits per heavy atom. The molecule has 1 aromatic carbocycles. The first-order valence-electron chi connectivity index (χ1n) is 8.48. The fourth-order valence-electron chi connectivity index (χ4n) is 3.87. The second-order valence-corrected chi connectivity index (χ2v) is 6.76. The number of nitrogens with zero attached hydrogens (tertiary/aromatic N) is 2. The number of rotatable bonds is 1. The van der Waals surface area contributed by atoms with Crippen molar-refractivity contribution in [3.8, 4) is 0 Å². The molecule has 0 bridgehead atoms. The van der Waals surface area contributed by atoms with Crippen molar-refractivity contribution < 1.29 is 9.90 Å². The second kappa shape index (κ2) is 5.63. The maximum atomic E-state index is 13.1. The molecule has 0 radical (unpaired) electrons. The number of fused-ring (bicyclic) bond motifs is 2. The molecule has 24 heavy (non-hydrogen) atoms. The van der Waals surface area contributed by atoms with E-state index in [1.165, 1.54) is 4.68 Å². The highest BCUT2D eigenvalue weighted by Crippen LogP contribution is 2.36. The van der Waals surface area contributed by atoms with Crippen LogP contribution in [0.5, 0.6) is 0 Å². The second-order valence-electron chi connectivity index (χ2n) is 6.76. The van der Waals surface area contributed by atoms with E-state index in [-0.39, 0.29) is 11.8 Å². The van der Waals surface area contributed by atoms with Crippen LogP contribution in [-0.4, -0.2) is 33.4 Å². The van der Waals surface area contributed by atoms with Crippen molar-refractivity contribution in [1.29, 1.82) is 0 Å². The van der Waals surface area contributed by atoms with Gasteiger partial charge in [0, 0.05) is 24.2 Å². The monoisotopic (exact) mass is 326 g/mol. The van der Waals surface area contributed by atoms with Crippen LogP contribution in [0, 0.1) is 6.92 Å². The van der Waals surface area contributed by atoms with Crippen molar-refractivity contribution in [1.82, 2.24) is 9.78 Å². The molecule has 2 aromatic rings. The summed E-state index contributed by atoms with van der Waals surface area (Å²) < 4.78 is 1.37. The standard InChI is InChI=1S/C18H22N4O2/c1-10-3-2-4-12-13(7-8-20-16(10)12)18(24)22-17(19)14-6-5-11(23)9-15(14)21-22/h2-4,11,13,20,23H,5-9,19H2,1H3/t11?,13-/m1/s1. The molecule has 4 rings (SSSR count). The Bertz CT molecular complexity index is 812. The van der Waals surface area contributed by atoms with Crippen LogP contribution in [0.4, 0.5) is 11.5 Å². The zero-order valence-electron chi connectivity index (χ0n) is 13.7. The van der Waals surface area contributed by atoms with Gasteiger partial charge in [-0.15, -0.1) is 0 Å². The van der Waals surface area contributed by atoms with Gasteiger partial charge in [0.25, 0.3) is 5.91 Å². The van der Waals surface area contributed by atoms with Crippen LogP contribution in [0.2, 0.25) is 0 Å². The number of benzene rings is 1. The Kier molecular flexibility index (Phi) is 3.57. The molecule has 126 valence electrons. The number of carbonyl (C=O) groups is 1. The van der Waals surface area contributed by atoms with Gasteiger partial charge in [-0.25, -0.2) is 0 Å². The van der Waals surface area contributed by atoms with Crippen molar-refractivity contribution in [3.63, 3.8) is 0 Å². The number of nitrogen functional groups attached to an aromatic ring is 1. The molecular formula is C18H22N4O2. The van der Waals surface area contributed by atoms with Gasteiger partial charge in [0.2, 0.25) is 0 Å². The maximum Gasteiger partial charge on any atom is 0.256 e. The van der Waals surface area contributed by atoms with Crippen LogP contribution >= 0.6 is 0 Å². The van der Waals surface area contributed by atoms with Crippen molar-refractivity contribution in [2.24, 2.45) is 0 Å². The molecule has 0 spiro atoms. The minimum absolute atomic E-state index is 0.0789. The topological polar surface area (TPSA) is 93.2 Å². The summed E-state index contributed by atoms with van der Waals surface area (Å²) in [6.07, 6.45) is 2.16. The van der Waals surface area contributed by atoms with Gasteiger partial charge < -0.3 is 16.2 Å². The molecule has 6 nitrogen and oxygen atoms in total. The molecular weight excluding hydrogens is 304 g/mol. The molecule has 6 heteroatoms. The third-order valence-corrected chi connectivity index (χ3v) is 5.19. The minimum atomic E-state index is -0.391. The number of anilines is 2. The van der Waals surface area contributed by atoms with Crippen LogP contribution in [0.25, 0.3) is 0 Å². The van der Waals surface area contributed by atoms with Gasteiger partial charge in [-0.3, -0.25) is 4.79 Å². The Labute approximate surface area is 140 Å². The van der Waals surface area contributed by atoms with Crippen molar-refractivity contribution >= 4 is 17.4 Å². The number of carbonyl (C=O) groups excluding carboxylic acids is 1. The van der Waals surface area contributed by atoms with Crippen molar-refractivity contribution in [2.45, 2.75) is 44.6 Å². The van der Waals surface area contributed by atoms with E-state index in [4.69, 9.17) is 5.73 Å². The summed E-state index contributed by atoms with van der Waals surface area (Å²) >= 11 is 0. The van der Waals surface area contributed by atoms with E-state index in [0.29, 0.717) is 25.1 Å². The summed E-state index contributed by atoms with van der Waals surface area (Å²) in [7, 11) is 0. The largest absolute Gasteiger partial charge is 0.393 e. The van der Waals surface area contributed by atoms with Gasteiger partial charge in [-0.05, 0) is 37.3 Å². The third-order valence-electron chi connectivity index (χ3n) is 5.19.